The zero-order chi connectivity index (χ0) is 36.6. The molecule has 3 fully saturated rings. The Morgan fingerprint density at radius 1 is 1.06 bits per heavy atom. The maximum atomic E-state index is 14.2. The molecular formula is C33H39NO16. The molecule has 0 amide bonds. The van der Waals surface area contributed by atoms with E-state index in [2.05, 4.69) is 4.98 Å². The molecule has 0 aromatic carbocycles. The van der Waals surface area contributed by atoms with Gasteiger partial charge in [-0.05, 0) is 45.4 Å². The van der Waals surface area contributed by atoms with Crippen molar-refractivity contribution in [2.24, 2.45) is 11.3 Å². The molecule has 17 nitrogen and oxygen atoms in total. The highest BCUT2D eigenvalue weighted by atomic mass is 16.6. The normalized spacial score (nSPS) is 42.7. The number of ether oxygens (including phenoxy) is 5. The molecule has 12 unspecified atom stereocenters. The van der Waals surface area contributed by atoms with Gasteiger partial charge in [-0.3, -0.25) is 9.78 Å². The second kappa shape index (κ2) is 12.1. The van der Waals surface area contributed by atoms with Gasteiger partial charge in [-0.1, -0.05) is 0 Å². The molecule has 6 rings (SSSR count). The maximum Gasteiger partial charge on any atom is 0.350 e. The lowest BCUT2D eigenvalue weighted by molar-refractivity contribution is -0.386. The minimum absolute atomic E-state index is 0.0552. The number of hydrogen-bond acceptors (Lipinski definition) is 17. The second-order valence-corrected chi connectivity index (χ2v) is 14.0. The molecule has 4 bridgehead atoms. The van der Waals surface area contributed by atoms with Gasteiger partial charge < -0.3 is 58.7 Å². The van der Waals surface area contributed by atoms with Crippen LogP contribution in [0.2, 0.25) is 0 Å². The summed E-state index contributed by atoms with van der Waals surface area (Å²) in [5.74, 6) is -5.80. The summed E-state index contributed by atoms with van der Waals surface area (Å²) in [5.41, 5.74) is -12.3. The number of furan rings is 1. The number of carbonyl (C=O) groups excluding carboxylic acids is 4. The van der Waals surface area contributed by atoms with Crippen molar-refractivity contribution >= 4 is 23.9 Å². The average Bonchev–Trinajstić information content (AvgIpc) is 3.68. The van der Waals surface area contributed by atoms with Gasteiger partial charge in [0.25, 0.3) is 0 Å². The van der Waals surface area contributed by atoms with Gasteiger partial charge in [-0.25, -0.2) is 14.4 Å². The Bertz CT molecular complexity index is 1680. The van der Waals surface area contributed by atoms with Crippen LogP contribution in [0.4, 0.5) is 0 Å². The van der Waals surface area contributed by atoms with Crippen LogP contribution in [0.25, 0.3) is 0 Å². The van der Waals surface area contributed by atoms with Gasteiger partial charge in [-0.2, -0.15) is 0 Å². The van der Waals surface area contributed by atoms with Gasteiger partial charge in [0.05, 0.1) is 59.3 Å². The number of esters is 4. The van der Waals surface area contributed by atoms with Crippen LogP contribution in [0.3, 0.4) is 0 Å². The minimum Gasteiger partial charge on any atom is -0.472 e. The molecule has 50 heavy (non-hydrogen) atoms. The number of rotatable bonds is 4. The number of aromatic nitrogens is 1. The molecule has 2 aromatic heterocycles. The fourth-order valence-electron chi connectivity index (χ4n) is 8.45. The molecule has 4 heterocycles. The van der Waals surface area contributed by atoms with Crippen LogP contribution >= 0.6 is 0 Å². The third-order valence-corrected chi connectivity index (χ3v) is 10.9. The average molecular weight is 706 g/mol. The predicted molar refractivity (Wildman–Crippen MR) is 161 cm³/mol. The fraction of sp³-hybridized carbons (Fsp3) is 0.606. The zero-order valence-corrected chi connectivity index (χ0v) is 27.5. The highest BCUT2D eigenvalue weighted by molar-refractivity contribution is 5.92. The van der Waals surface area contributed by atoms with E-state index in [9.17, 15) is 49.8 Å². The fourth-order valence-corrected chi connectivity index (χ4v) is 8.45. The van der Waals surface area contributed by atoms with E-state index in [0.717, 1.165) is 20.1 Å². The summed E-state index contributed by atoms with van der Waals surface area (Å²) in [6, 6.07) is 4.13. The molecule has 2 aliphatic heterocycles. The molecule has 272 valence electrons. The summed E-state index contributed by atoms with van der Waals surface area (Å²) in [5, 5.41) is 70.3. The summed E-state index contributed by atoms with van der Waals surface area (Å²) in [6.07, 6.45) is -9.74. The highest BCUT2D eigenvalue weighted by Crippen LogP contribution is 2.68. The quantitative estimate of drug-likeness (QED) is 0.157. The zero-order valence-electron chi connectivity index (χ0n) is 27.5. The Balaban J connectivity index is 1.57. The molecule has 1 saturated heterocycles. The minimum atomic E-state index is -2.80. The number of fused-ring (bicyclic) bond motifs is 5. The molecule has 2 aliphatic carbocycles. The largest absolute Gasteiger partial charge is 0.472 e. The third kappa shape index (κ3) is 4.82. The van der Waals surface area contributed by atoms with E-state index < -0.39 is 107 Å². The van der Waals surface area contributed by atoms with E-state index in [1.165, 1.54) is 44.5 Å². The predicted octanol–water partition coefficient (Wildman–Crippen LogP) is -1.42. The number of pyridine rings is 1. The SMILES string of the molecule is CC(=O)OC1C2C(O)C(O)C3(CO)C(O)C(O)C4OC(=O)C(C)(OC(=O)c5ccoc5)CCc5ncccc5C(=O)OCC2(C)OC13C4(C)O. The van der Waals surface area contributed by atoms with Crippen LogP contribution in [0.1, 0.15) is 60.5 Å². The molecule has 0 radical (unpaired) electrons. The summed E-state index contributed by atoms with van der Waals surface area (Å²) in [7, 11) is 0. The van der Waals surface area contributed by atoms with Crippen LogP contribution in [0.5, 0.6) is 0 Å². The van der Waals surface area contributed by atoms with Crippen LogP contribution in [-0.2, 0) is 39.7 Å². The van der Waals surface area contributed by atoms with E-state index in [1.54, 1.807) is 0 Å². The summed E-state index contributed by atoms with van der Waals surface area (Å²) < 4.78 is 34.2. The van der Waals surface area contributed by atoms with Gasteiger partial charge >= 0.3 is 23.9 Å². The van der Waals surface area contributed by atoms with E-state index in [1.807, 2.05) is 0 Å². The molecule has 17 heteroatoms. The Morgan fingerprint density at radius 3 is 2.40 bits per heavy atom. The molecule has 2 aromatic rings. The summed E-state index contributed by atoms with van der Waals surface area (Å²) in [4.78, 5) is 57.9. The van der Waals surface area contributed by atoms with Crippen LogP contribution in [0, 0.1) is 11.3 Å². The van der Waals surface area contributed by atoms with Crippen molar-refractivity contribution in [3.8, 4) is 0 Å². The van der Waals surface area contributed by atoms with Crippen molar-refractivity contribution in [3.63, 3.8) is 0 Å². The van der Waals surface area contributed by atoms with Crippen molar-refractivity contribution in [1.82, 2.24) is 4.98 Å². The van der Waals surface area contributed by atoms with Crippen LogP contribution in [0.15, 0.2) is 41.3 Å². The van der Waals surface area contributed by atoms with Gasteiger partial charge in [0, 0.05) is 19.5 Å². The van der Waals surface area contributed by atoms with Gasteiger partial charge in [0.1, 0.15) is 36.3 Å². The Kier molecular flexibility index (Phi) is 8.66. The lowest BCUT2D eigenvalue weighted by Gasteiger charge is -2.66. The van der Waals surface area contributed by atoms with E-state index in [0.29, 0.717) is 0 Å². The molecule has 1 spiro atoms. The van der Waals surface area contributed by atoms with Gasteiger partial charge in [0.15, 0.2) is 11.7 Å². The number of cyclic esters (lactones) is 1. The number of aliphatic hydroxyl groups excluding tert-OH is 5. The Morgan fingerprint density at radius 2 is 1.76 bits per heavy atom. The topological polar surface area (TPSA) is 262 Å². The first kappa shape index (κ1) is 35.8. The van der Waals surface area contributed by atoms with Crippen LogP contribution < -0.4 is 0 Å². The molecule has 6 N–H and O–H groups in total. The summed E-state index contributed by atoms with van der Waals surface area (Å²) in [6.45, 7) is 2.55. The monoisotopic (exact) mass is 705 g/mol. The van der Waals surface area contributed by atoms with Crippen molar-refractivity contribution in [3.05, 3.63) is 53.7 Å². The Hall–Kier alpha value is -3.97. The number of aryl methyl sites for hydroxylation is 1. The van der Waals surface area contributed by atoms with E-state index >= 15 is 0 Å². The number of nitrogens with zero attached hydrogens (tertiary/aromatic N) is 1. The first-order valence-electron chi connectivity index (χ1n) is 15.9. The molecule has 12 atom stereocenters. The third-order valence-electron chi connectivity index (χ3n) is 10.9. The first-order valence-corrected chi connectivity index (χ1v) is 15.9. The standard InChI is InChI=1S/C33H39NO16/c1-15(36)47-24-19-20(37)22(39)32(13-35)23(40)21(38)25-31(4,44)33(24,32)50-30(19,3)14-46-27(42)17-6-5-10-34-18(17)7-9-29(2,28(43)48-25)49-26(41)16-8-11-45-12-16/h5-6,8,10-12,19-25,35,37-40,44H,7,9,13-14H2,1-4H3. The lowest BCUT2D eigenvalue weighted by Crippen LogP contribution is -2.88. The smallest absolute Gasteiger partial charge is 0.350 e. The maximum absolute atomic E-state index is 14.2. The number of hydrogen-bond donors (Lipinski definition) is 6. The van der Waals surface area contributed by atoms with Crippen molar-refractivity contribution < 1.29 is 77.9 Å². The Labute approximate surface area is 284 Å². The second-order valence-electron chi connectivity index (χ2n) is 14.0. The molecular weight excluding hydrogens is 666 g/mol. The van der Waals surface area contributed by atoms with E-state index in [4.69, 9.17) is 28.1 Å². The number of carbonyl (C=O) groups is 4. The molecule has 2 saturated carbocycles. The highest BCUT2D eigenvalue weighted by Gasteiger charge is 2.88. The number of aliphatic hydroxyl groups is 6. The molecule has 4 aliphatic rings. The van der Waals surface area contributed by atoms with Crippen molar-refractivity contribution in [2.45, 2.75) is 99.6 Å². The van der Waals surface area contributed by atoms with Gasteiger partial charge in [0.2, 0.25) is 5.60 Å². The first-order chi connectivity index (χ1) is 23.4. The van der Waals surface area contributed by atoms with Crippen LogP contribution in [-0.4, -0.2) is 132 Å². The van der Waals surface area contributed by atoms with Gasteiger partial charge in [-0.15, -0.1) is 0 Å². The van der Waals surface area contributed by atoms with Crippen molar-refractivity contribution in [1.29, 1.82) is 0 Å². The summed E-state index contributed by atoms with van der Waals surface area (Å²) >= 11 is 0. The lowest BCUT2D eigenvalue weighted by atomic mass is 9.45. The van der Waals surface area contributed by atoms with E-state index in [-0.39, 0.29) is 29.7 Å². The van der Waals surface area contributed by atoms with Crippen molar-refractivity contribution in [2.75, 3.05) is 13.2 Å².